The van der Waals surface area contributed by atoms with Gasteiger partial charge < -0.3 is 15.7 Å². The van der Waals surface area contributed by atoms with Crippen LogP contribution in [0.3, 0.4) is 0 Å². The van der Waals surface area contributed by atoms with E-state index in [1.165, 1.54) is 6.42 Å². The second-order valence-corrected chi connectivity index (χ2v) is 5.13. The highest BCUT2D eigenvalue weighted by atomic mass is 16.4. The third kappa shape index (κ3) is 3.98. The zero-order valence-corrected chi connectivity index (χ0v) is 11.3. The fourth-order valence-electron chi connectivity index (χ4n) is 2.54. The van der Waals surface area contributed by atoms with Crippen LogP contribution in [0.15, 0.2) is 30.3 Å². The number of benzene rings is 1. The summed E-state index contributed by atoms with van der Waals surface area (Å²) in [5.41, 5.74) is 0.568. The number of amides is 2. The molecule has 1 aromatic carbocycles. The van der Waals surface area contributed by atoms with Gasteiger partial charge in [-0.05, 0) is 18.4 Å². The number of aliphatic carboxylic acids is 1. The molecule has 3 N–H and O–H groups in total. The molecule has 1 saturated carbocycles. The Morgan fingerprint density at radius 2 is 1.75 bits per heavy atom. The number of carbonyl (C=O) groups excluding carboxylic acids is 1. The number of carboxylic acid groups (broad SMARTS) is 1. The van der Waals surface area contributed by atoms with Gasteiger partial charge in [0.1, 0.15) is 0 Å². The molecule has 0 bridgehead atoms. The molecule has 0 spiro atoms. The fraction of sp³-hybridized carbons (Fsp3) is 0.467. The molecule has 0 aliphatic heterocycles. The summed E-state index contributed by atoms with van der Waals surface area (Å²) in [5.74, 6) is -1.06. The van der Waals surface area contributed by atoms with Gasteiger partial charge in [-0.25, -0.2) is 9.59 Å². The van der Waals surface area contributed by atoms with Gasteiger partial charge in [-0.3, -0.25) is 0 Å². The van der Waals surface area contributed by atoms with Gasteiger partial charge in [0.05, 0.1) is 0 Å². The van der Waals surface area contributed by atoms with E-state index >= 15 is 0 Å². The summed E-state index contributed by atoms with van der Waals surface area (Å²) in [5, 5.41) is 14.6. The lowest BCUT2D eigenvalue weighted by molar-refractivity contribution is -0.139. The lowest BCUT2D eigenvalue weighted by atomic mass is 9.96. The maximum atomic E-state index is 11.9. The Hall–Kier alpha value is -2.04. The Kier molecular flexibility index (Phi) is 4.98. The Morgan fingerprint density at radius 3 is 2.35 bits per heavy atom. The minimum atomic E-state index is -1.06. The van der Waals surface area contributed by atoms with E-state index in [2.05, 4.69) is 10.6 Å². The molecule has 1 aliphatic rings. The molecule has 2 rings (SSSR count). The van der Waals surface area contributed by atoms with Crippen LogP contribution < -0.4 is 10.6 Å². The number of hydrogen-bond acceptors (Lipinski definition) is 2. The van der Waals surface area contributed by atoms with Crippen molar-refractivity contribution >= 4 is 12.0 Å². The maximum Gasteiger partial charge on any atom is 0.330 e. The second-order valence-electron chi connectivity index (χ2n) is 5.13. The van der Waals surface area contributed by atoms with Gasteiger partial charge in [0, 0.05) is 6.04 Å². The largest absolute Gasteiger partial charge is 0.479 e. The smallest absolute Gasteiger partial charge is 0.330 e. The van der Waals surface area contributed by atoms with E-state index in [9.17, 15) is 14.7 Å². The lowest BCUT2D eigenvalue weighted by Crippen LogP contribution is -2.45. The molecular formula is C15H20N2O3. The van der Waals surface area contributed by atoms with Crippen molar-refractivity contribution in [3.05, 3.63) is 35.9 Å². The standard InChI is InChI=1S/C15H20N2O3/c18-14(19)13(11-7-3-1-4-8-11)17-15(20)16-12-9-5-2-6-10-12/h1,3-4,7-8,12-13H,2,5-6,9-10H2,(H,18,19)(H2,16,17,20)/t13-/m1/s1. The van der Waals surface area contributed by atoms with E-state index in [-0.39, 0.29) is 6.04 Å². The molecule has 0 radical (unpaired) electrons. The average molecular weight is 276 g/mol. The number of rotatable bonds is 4. The first kappa shape index (κ1) is 14.4. The molecule has 0 unspecified atom stereocenters. The highest BCUT2D eigenvalue weighted by molar-refractivity contribution is 5.83. The van der Waals surface area contributed by atoms with Gasteiger partial charge in [0.15, 0.2) is 6.04 Å². The molecule has 1 atom stereocenters. The molecule has 108 valence electrons. The van der Waals surface area contributed by atoms with Gasteiger partial charge in [-0.2, -0.15) is 0 Å². The van der Waals surface area contributed by atoms with Crippen LogP contribution in [0, 0.1) is 0 Å². The highest BCUT2D eigenvalue weighted by Crippen LogP contribution is 2.18. The normalized spacial score (nSPS) is 17.2. The van der Waals surface area contributed by atoms with Crippen molar-refractivity contribution in [1.82, 2.24) is 10.6 Å². The molecule has 20 heavy (non-hydrogen) atoms. The predicted octanol–water partition coefficient (Wildman–Crippen LogP) is 2.44. The minimum Gasteiger partial charge on any atom is -0.479 e. The van der Waals surface area contributed by atoms with E-state index in [0.717, 1.165) is 25.7 Å². The number of hydrogen-bond donors (Lipinski definition) is 3. The van der Waals surface area contributed by atoms with Crippen molar-refractivity contribution in [3.8, 4) is 0 Å². The SMILES string of the molecule is O=C(NC1CCCCC1)N[C@@H](C(=O)O)c1ccccc1. The molecule has 1 aliphatic carbocycles. The maximum absolute atomic E-state index is 11.9. The van der Waals surface area contributed by atoms with Crippen LogP contribution in [-0.2, 0) is 4.79 Å². The van der Waals surface area contributed by atoms with Crippen molar-refractivity contribution < 1.29 is 14.7 Å². The number of carbonyl (C=O) groups is 2. The zero-order valence-electron chi connectivity index (χ0n) is 11.3. The third-order valence-electron chi connectivity index (χ3n) is 3.60. The summed E-state index contributed by atoms with van der Waals surface area (Å²) < 4.78 is 0. The molecule has 0 heterocycles. The van der Waals surface area contributed by atoms with Gasteiger partial charge in [0.2, 0.25) is 0 Å². The first-order valence-electron chi connectivity index (χ1n) is 7.01. The lowest BCUT2D eigenvalue weighted by Gasteiger charge is -2.24. The second kappa shape index (κ2) is 6.93. The van der Waals surface area contributed by atoms with Gasteiger partial charge >= 0.3 is 12.0 Å². The first-order chi connectivity index (χ1) is 9.66. The van der Waals surface area contributed by atoms with Crippen molar-refractivity contribution in [2.75, 3.05) is 0 Å². The van der Waals surface area contributed by atoms with Crippen molar-refractivity contribution in [1.29, 1.82) is 0 Å². The number of urea groups is 1. The van der Waals surface area contributed by atoms with E-state index in [0.29, 0.717) is 5.56 Å². The summed E-state index contributed by atoms with van der Waals surface area (Å²) in [7, 11) is 0. The average Bonchev–Trinajstić information content (AvgIpc) is 2.46. The summed E-state index contributed by atoms with van der Waals surface area (Å²) in [6.45, 7) is 0. The monoisotopic (exact) mass is 276 g/mol. The Labute approximate surface area is 118 Å². The van der Waals surface area contributed by atoms with Crippen LogP contribution in [0.4, 0.5) is 4.79 Å². The van der Waals surface area contributed by atoms with Crippen LogP contribution in [-0.4, -0.2) is 23.1 Å². The molecule has 0 aromatic heterocycles. The topological polar surface area (TPSA) is 78.4 Å². The Balaban J connectivity index is 1.94. The molecule has 5 nitrogen and oxygen atoms in total. The Bertz CT molecular complexity index is 455. The van der Waals surface area contributed by atoms with Gasteiger partial charge in [-0.15, -0.1) is 0 Å². The quantitative estimate of drug-likeness (QED) is 0.790. The van der Waals surface area contributed by atoms with Gasteiger partial charge in [0.25, 0.3) is 0 Å². The van der Waals surface area contributed by atoms with Crippen molar-refractivity contribution in [2.45, 2.75) is 44.2 Å². The zero-order chi connectivity index (χ0) is 14.4. The molecule has 1 aromatic rings. The number of nitrogens with one attached hydrogen (secondary N) is 2. The minimum absolute atomic E-state index is 0.161. The summed E-state index contributed by atoms with van der Waals surface area (Å²) in [6.07, 6.45) is 5.38. The van der Waals surface area contributed by atoms with Crippen LogP contribution in [0.1, 0.15) is 43.7 Å². The number of carboxylic acids is 1. The van der Waals surface area contributed by atoms with E-state index in [1.54, 1.807) is 24.3 Å². The van der Waals surface area contributed by atoms with Crippen LogP contribution in [0.2, 0.25) is 0 Å². The molecule has 0 saturated heterocycles. The summed E-state index contributed by atoms with van der Waals surface area (Å²) in [6, 6.07) is 7.45. The third-order valence-corrected chi connectivity index (χ3v) is 3.60. The molecule has 2 amide bonds. The van der Waals surface area contributed by atoms with Gasteiger partial charge in [-0.1, -0.05) is 49.6 Å². The molecule has 5 heteroatoms. The Morgan fingerprint density at radius 1 is 1.10 bits per heavy atom. The summed E-state index contributed by atoms with van der Waals surface area (Å²) in [4.78, 5) is 23.2. The van der Waals surface area contributed by atoms with E-state index in [4.69, 9.17) is 0 Å². The van der Waals surface area contributed by atoms with E-state index in [1.807, 2.05) is 6.07 Å². The molecule has 1 fully saturated rings. The summed E-state index contributed by atoms with van der Waals surface area (Å²) >= 11 is 0. The first-order valence-corrected chi connectivity index (χ1v) is 7.01. The van der Waals surface area contributed by atoms with Crippen LogP contribution >= 0.6 is 0 Å². The van der Waals surface area contributed by atoms with Crippen LogP contribution in [0.25, 0.3) is 0 Å². The highest BCUT2D eigenvalue weighted by Gasteiger charge is 2.23. The predicted molar refractivity (Wildman–Crippen MR) is 75.4 cm³/mol. The van der Waals surface area contributed by atoms with Crippen LogP contribution in [0.5, 0.6) is 0 Å². The van der Waals surface area contributed by atoms with Crippen molar-refractivity contribution in [2.24, 2.45) is 0 Å². The fourth-order valence-corrected chi connectivity index (χ4v) is 2.54. The molecular weight excluding hydrogens is 256 g/mol. The van der Waals surface area contributed by atoms with Crippen molar-refractivity contribution in [3.63, 3.8) is 0 Å². The van der Waals surface area contributed by atoms with E-state index < -0.39 is 18.0 Å².